The molecule has 0 aliphatic carbocycles. The van der Waals surface area contributed by atoms with Crippen LogP contribution < -0.4 is 5.32 Å². The maximum atomic E-state index is 11.5. The zero-order chi connectivity index (χ0) is 13.4. The Morgan fingerprint density at radius 1 is 1.50 bits per heavy atom. The zero-order valence-electron chi connectivity index (χ0n) is 10.6. The number of carbonyl (C=O) groups is 1. The Morgan fingerprint density at radius 3 is 2.89 bits per heavy atom. The molecule has 0 unspecified atom stereocenters. The molecule has 4 heteroatoms. The lowest BCUT2D eigenvalue weighted by Gasteiger charge is -2.07. The molecular formula is C14H17NO2S. The molecule has 3 nitrogen and oxygen atoms in total. The van der Waals surface area contributed by atoms with Crippen molar-refractivity contribution in [2.75, 3.05) is 23.9 Å². The fourth-order valence-electron chi connectivity index (χ4n) is 1.42. The third-order valence-electron chi connectivity index (χ3n) is 2.25. The molecule has 0 heterocycles. The van der Waals surface area contributed by atoms with Gasteiger partial charge >= 0.3 is 0 Å². The monoisotopic (exact) mass is 263 g/mol. The lowest BCUT2D eigenvalue weighted by molar-refractivity contribution is -0.113. The summed E-state index contributed by atoms with van der Waals surface area (Å²) in [6.45, 7) is 2.01. The molecule has 0 aliphatic heterocycles. The van der Waals surface area contributed by atoms with Gasteiger partial charge in [-0.1, -0.05) is 11.8 Å². The molecule has 0 bridgehead atoms. The van der Waals surface area contributed by atoms with E-state index in [1.165, 1.54) is 11.8 Å². The first-order valence-electron chi connectivity index (χ1n) is 5.66. The third kappa shape index (κ3) is 4.82. The fraction of sp³-hybridized carbons (Fsp3) is 0.357. The number of amides is 1. The molecule has 0 atom stereocenters. The number of benzene rings is 1. The van der Waals surface area contributed by atoms with Gasteiger partial charge in [-0.05, 0) is 36.9 Å². The molecule has 96 valence electrons. The second-order valence-corrected chi connectivity index (χ2v) is 4.65. The number of thioether (sulfide) groups is 1. The summed E-state index contributed by atoms with van der Waals surface area (Å²) in [7, 11) is 0. The van der Waals surface area contributed by atoms with Crippen LogP contribution in [0.3, 0.4) is 0 Å². The average molecular weight is 263 g/mol. The van der Waals surface area contributed by atoms with Crippen LogP contribution in [0.25, 0.3) is 0 Å². The highest BCUT2D eigenvalue weighted by Crippen LogP contribution is 2.16. The largest absolute Gasteiger partial charge is 0.395 e. The lowest BCUT2D eigenvalue weighted by Crippen LogP contribution is -2.14. The van der Waals surface area contributed by atoms with Crippen molar-refractivity contribution in [2.45, 2.75) is 13.3 Å². The summed E-state index contributed by atoms with van der Waals surface area (Å²) in [4.78, 5) is 11.5. The van der Waals surface area contributed by atoms with E-state index in [4.69, 9.17) is 5.11 Å². The van der Waals surface area contributed by atoms with Gasteiger partial charge in [-0.3, -0.25) is 4.79 Å². The van der Waals surface area contributed by atoms with Crippen LogP contribution in [0.5, 0.6) is 0 Å². The molecule has 2 N–H and O–H groups in total. The van der Waals surface area contributed by atoms with Crippen molar-refractivity contribution in [3.63, 3.8) is 0 Å². The second-order valence-electron chi connectivity index (χ2n) is 3.79. The fourth-order valence-corrected chi connectivity index (χ4v) is 1.75. The van der Waals surface area contributed by atoms with Gasteiger partial charge in [0.15, 0.2) is 0 Å². The van der Waals surface area contributed by atoms with Crippen LogP contribution in [-0.4, -0.2) is 29.6 Å². The number of aryl methyl sites for hydroxylation is 1. The normalized spacial score (nSPS) is 9.50. The summed E-state index contributed by atoms with van der Waals surface area (Å²) >= 11 is 1.49. The van der Waals surface area contributed by atoms with E-state index in [2.05, 4.69) is 17.2 Å². The van der Waals surface area contributed by atoms with Crippen LogP contribution in [0.2, 0.25) is 0 Å². The minimum atomic E-state index is 0.00437. The van der Waals surface area contributed by atoms with Gasteiger partial charge in [0.1, 0.15) is 0 Å². The molecule has 1 aromatic rings. The maximum absolute atomic E-state index is 11.5. The Bertz CT molecular complexity index is 474. The molecule has 0 radical (unpaired) electrons. The number of rotatable bonds is 4. The number of hydrogen-bond acceptors (Lipinski definition) is 3. The van der Waals surface area contributed by atoms with Crippen molar-refractivity contribution in [3.8, 4) is 11.8 Å². The summed E-state index contributed by atoms with van der Waals surface area (Å²) in [5, 5.41) is 11.5. The van der Waals surface area contributed by atoms with E-state index >= 15 is 0 Å². The molecule has 0 aromatic heterocycles. The highest BCUT2D eigenvalue weighted by molar-refractivity contribution is 7.99. The Hall–Kier alpha value is -1.44. The molecule has 0 aliphatic rings. The van der Waals surface area contributed by atoms with Gasteiger partial charge in [-0.15, -0.1) is 0 Å². The van der Waals surface area contributed by atoms with Gasteiger partial charge in [-0.2, -0.15) is 11.8 Å². The average Bonchev–Trinajstić information content (AvgIpc) is 2.33. The van der Waals surface area contributed by atoms with Crippen molar-refractivity contribution in [1.29, 1.82) is 0 Å². The first-order chi connectivity index (χ1) is 8.67. The summed E-state index contributed by atoms with van der Waals surface area (Å²) in [5.74, 6) is 6.29. The van der Waals surface area contributed by atoms with Gasteiger partial charge in [-0.25, -0.2) is 0 Å². The van der Waals surface area contributed by atoms with Crippen LogP contribution in [0.1, 0.15) is 17.5 Å². The van der Waals surface area contributed by atoms with E-state index in [1.54, 1.807) is 0 Å². The smallest absolute Gasteiger partial charge is 0.234 e. The summed E-state index contributed by atoms with van der Waals surface area (Å²) in [6.07, 6.45) is 2.37. The van der Waals surface area contributed by atoms with Gasteiger partial charge in [0, 0.05) is 17.7 Å². The van der Waals surface area contributed by atoms with Crippen molar-refractivity contribution < 1.29 is 9.90 Å². The SMILES string of the molecule is CSCC(=O)Nc1ccc(C#CCCO)cc1C. The maximum Gasteiger partial charge on any atom is 0.234 e. The van der Waals surface area contributed by atoms with Crippen molar-refractivity contribution in [3.05, 3.63) is 29.3 Å². The van der Waals surface area contributed by atoms with Gasteiger partial charge in [0.25, 0.3) is 0 Å². The Morgan fingerprint density at radius 2 is 2.28 bits per heavy atom. The second kappa shape index (κ2) is 7.80. The molecule has 1 amide bonds. The first kappa shape index (κ1) is 14.6. The number of carbonyl (C=O) groups excluding carboxylic acids is 1. The molecule has 0 saturated heterocycles. The molecular weight excluding hydrogens is 246 g/mol. The first-order valence-corrected chi connectivity index (χ1v) is 7.06. The summed E-state index contributed by atoms with van der Waals surface area (Å²) in [5.41, 5.74) is 2.70. The van der Waals surface area contributed by atoms with E-state index < -0.39 is 0 Å². The van der Waals surface area contributed by atoms with Crippen LogP contribution in [-0.2, 0) is 4.79 Å². The van der Waals surface area contributed by atoms with Crippen LogP contribution in [0.4, 0.5) is 5.69 Å². The van der Waals surface area contributed by atoms with Gasteiger partial charge in [0.05, 0.1) is 12.4 Å². The predicted molar refractivity (Wildman–Crippen MR) is 76.8 cm³/mol. The quantitative estimate of drug-likeness (QED) is 0.817. The molecule has 18 heavy (non-hydrogen) atoms. The molecule has 0 saturated carbocycles. The standard InChI is InChI=1S/C14H17NO2S/c1-11-9-12(5-3-4-8-16)6-7-13(11)15-14(17)10-18-2/h6-7,9,16H,4,8,10H2,1-2H3,(H,15,17). The highest BCUT2D eigenvalue weighted by Gasteiger charge is 2.03. The highest BCUT2D eigenvalue weighted by atomic mass is 32.2. The zero-order valence-corrected chi connectivity index (χ0v) is 11.4. The van der Waals surface area contributed by atoms with Crippen molar-refractivity contribution in [1.82, 2.24) is 0 Å². The number of hydrogen-bond donors (Lipinski definition) is 2. The van der Waals surface area contributed by atoms with Gasteiger partial charge < -0.3 is 10.4 Å². The number of aliphatic hydroxyl groups excluding tert-OH is 1. The minimum Gasteiger partial charge on any atom is -0.395 e. The molecule has 0 spiro atoms. The van der Waals surface area contributed by atoms with Crippen LogP contribution in [0, 0.1) is 18.8 Å². The Labute approximate surface area is 112 Å². The van der Waals surface area contributed by atoms with E-state index in [-0.39, 0.29) is 12.5 Å². The Kier molecular flexibility index (Phi) is 6.34. The molecule has 1 rings (SSSR count). The van der Waals surface area contributed by atoms with E-state index in [0.29, 0.717) is 12.2 Å². The third-order valence-corrected chi connectivity index (χ3v) is 2.80. The lowest BCUT2D eigenvalue weighted by atomic mass is 10.1. The topological polar surface area (TPSA) is 49.3 Å². The minimum absolute atomic E-state index is 0.00437. The molecule has 0 fully saturated rings. The van der Waals surface area contributed by atoms with Crippen LogP contribution >= 0.6 is 11.8 Å². The summed E-state index contributed by atoms with van der Waals surface area (Å²) < 4.78 is 0. The summed E-state index contributed by atoms with van der Waals surface area (Å²) in [6, 6.07) is 5.65. The number of aliphatic hydroxyl groups is 1. The number of nitrogens with one attached hydrogen (secondary N) is 1. The van der Waals surface area contributed by atoms with Crippen molar-refractivity contribution >= 4 is 23.4 Å². The van der Waals surface area contributed by atoms with E-state index in [9.17, 15) is 4.79 Å². The molecule has 1 aromatic carbocycles. The van der Waals surface area contributed by atoms with E-state index in [0.717, 1.165) is 16.8 Å². The Balaban J connectivity index is 2.74. The predicted octanol–water partition coefficient (Wildman–Crippen LogP) is 2.03. The van der Waals surface area contributed by atoms with E-state index in [1.807, 2.05) is 31.4 Å². The van der Waals surface area contributed by atoms with Gasteiger partial charge in [0.2, 0.25) is 5.91 Å². The number of anilines is 1. The van der Waals surface area contributed by atoms with Crippen molar-refractivity contribution in [2.24, 2.45) is 0 Å². The van der Waals surface area contributed by atoms with Crippen LogP contribution in [0.15, 0.2) is 18.2 Å².